The van der Waals surface area contributed by atoms with E-state index in [1.807, 2.05) is 54.6 Å². The molecule has 0 spiro atoms. The lowest BCUT2D eigenvalue weighted by molar-refractivity contribution is -0.116. The summed E-state index contributed by atoms with van der Waals surface area (Å²) in [6, 6.07) is 17.1. The van der Waals surface area contributed by atoms with E-state index in [9.17, 15) is 14.7 Å². The number of β-amino-alcohol motifs (C(OH)–C–C–N with tert-alkyl or cyclic N) is 1. The van der Waals surface area contributed by atoms with Crippen LogP contribution in [0.25, 0.3) is 0 Å². The molecule has 3 rings (SSSR count). The van der Waals surface area contributed by atoms with Crippen LogP contribution in [0.2, 0.25) is 0 Å². The van der Waals surface area contributed by atoms with E-state index in [0.717, 1.165) is 37.9 Å². The average Bonchev–Trinajstić information content (AvgIpc) is 2.79. The van der Waals surface area contributed by atoms with Crippen LogP contribution in [0.15, 0.2) is 54.6 Å². The number of hydrogen-bond donors (Lipinski definition) is 2. The number of aliphatic hydroxyl groups is 1. The number of ether oxygens (including phenoxy) is 1. The quantitative estimate of drug-likeness (QED) is 0.613. The lowest BCUT2D eigenvalue weighted by atomic mass is 10.0. The summed E-state index contributed by atoms with van der Waals surface area (Å²) in [5, 5.41) is 13.5. The van der Waals surface area contributed by atoms with Gasteiger partial charge in [0.2, 0.25) is 0 Å². The van der Waals surface area contributed by atoms with E-state index in [2.05, 4.69) is 10.2 Å². The molecule has 1 atom stereocenters. The van der Waals surface area contributed by atoms with Gasteiger partial charge in [0.1, 0.15) is 24.2 Å². The summed E-state index contributed by atoms with van der Waals surface area (Å²) in [7, 11) is 0. The van der Waals surface area contributed by atoms with Crippen LogP contribution in [0.4, 0.5) is 0 Å². The molecule has 2 aromatic carbocycles. The second kappa shape index (κ2) is 11.6. The Labute approximate surface area is 184 Å². The fourth-order valence-electron chi connectivity index (χ4n) is 3.73. The standard InChI is InChI=1S/C25H32N2O4/c1-19(28)7-8-20-9-11-24(12-10-20)31-18-23(29)17-27-15-13-22(14-16-27)26-25(30)21-5-3-2-4-6-21/h2-6,9-12,22-23,29H,7-8,13-18H2,1H3,(H,26,30). The second-order valence-corrected chi connectivity index (χ2v) is 8.23. The van der Waals surface area contributed by atoms with E-state index < -0.39 is 6.10 Å². The third-order valence-corrected chi connectivity index (χ3v) is 5.56. The van der Waals surface area contributed by atoms with Gasteiger partial charge in [-0.3, -0.25) is 4.79 Å². The molecule has 1 saturated heterocycles. The fourth-order valence-corrected chi connectivity index (χ4v) is 3.73. The lowest BCUT2D eigenvalue weighted by Crippen LogP contribution is -2.47. The van der Waals surface area contributed by atoms with Crippen LogP contribution in [0, 0.1) is 0 Å². The number of nitrogens with zero attached hydrogens (tertiary/aromatic N) is 1. The Morgan fingerprint density at radius 1 is 1.10 bits per heavy atom. The van der Waals surface area contributed by atoms with E-state index in [1.165, 1.54) is 0 Å². The maximum Gasteiger partial charge on any atom is 0.251 e. The van der Waals surface area contributed by atoms with Gasteiger partial charge in [-0.15, -0.1) is 0 Å². The van der Waals surface area contributed by atoms with Gasteiger partial charge >= 0.3 is 0 Å². The molecule has 1 heterocycles. The van der Waals surface area contributed by atoms with Crippen LogP contribution >= 0.6 is 0 Å². The first kappa shape index (κ1) is 23.0. The van der Waals surface area contributed by atoms with E-state index in [1.54, 1.807) is 6.92 Å². The number of carbonyl (C=O) groups is 2. The third-order valence-electron chi connectivity index (χ3n) is 5.56. The van der Waals surface area contributed by atoms with E-state index >= 15 is 0 Å². The number of benzene rings is 2. The maximum atomic E-state index is 12.3. The van der Waals surface area contributed by atoms with Crippen LogP contribution in [0.5, 0.6) is 5.75 Å². The zero-order chi connectivity index (χ0) is 22.1. The van der Waals surface area contributed by atoms with Crippen molar-refractivity contribution in [3.05, 3.63) is 65.7 Å². The second-order valence-electron chi connectivity index (χ2n) is 8.23. The zero-order valence-electron chi connectivity index (χ0n) is 18.1. The molecule has 0 aromatic heterocycles. The van der Waals surface area contributed by atoms with Gasteiger partial charge in [0.05, 0.1) is 0 Å². The number of Topliss-reactive ketones (excluding diaryl/α,β-unsaturated/α-hetero) is 1. The van der Waals surface area contributed by atoms with Crippen molar-refractivity contribution in [2.24, 2.45) is 0 Å². The van der Waals surface area contributed by atoms with Crippen molar-refractivity contribution in [3.8, 4) is 5.75 Å². The number of hydrogen-bond acceptors (Lipinski definition) is 5. The van der Waals surface area contributed by atoms with Crippen molar-refractivity contribution in [3.63, 3.8) is 0 Å². The molecule has 1 aliphatic rings. The number of ketones is 1. The topological polar surface area (TPSA) is 78.9 Å². The molecule has 31 heavy (non-hydrogen) atoms. The Balaban J connectivity index is 1.34. The highest BCUT2D eigenvalue weighted by molar-refractivity contribution is 5.94. The zero-order valence-corrected chi connectivity index (χ0v) is 18.1. The van der Waals surface area contributed by atoms with Crippen molar-refractivity contribution in [2.45, 2.75) is 44.8 Å². The van der Waals surface area contributed by atoms with E-state index in [0.29, 0.717) is 24.3 Å². The molecule has 0 bridgehead atoms. The summed E-state index contributed by atoms with van der Waals surface area (Å²) in [5.74, 6) is 0.874. The first-order chi connectivity index (χ1) is 15.0. The molecule has 2 aromatic rings. The minimum absolute atomic E-state index is 0.0280. The van der Waals surface area contributed by atoms with Gasteiger partial charge in [0, 0.05) is 37.7 Å². The predicted molar refractivity (Wildman–Crippen MR) is 120 cm³/mol. The number of piperidine rings is 1. The highest BCUT2D eigenvalue weighted by atomic mass is 16.5. The van der Waals surface area contributed by atoms with Gasteiger partial charge in [-0.05, 0) is 56.0 Å². The summed E-state index contributed by atoms with van der Waals surface area (Å²) in [6.07, 6.45) is 2.45. The SMILES string of the molecule is CC(=O)CCc1ccc(OCC(O)CN2CCC(NC(=O)c3ccccc3)CC2)cc1. The number of amides is 1. The fraction of sp³-hybridized carbons (Fsp3) is 0.440. The van der Waals surface area contributed by atoms with Crippen molar-refractivity contribution < 1.29 is 19.4 Å². The molecule has 0 radical (unpaired) electrons. The molecule has 1 amide bonds. The molecule has 1 unspecified atom stereocenters. The number of aryl methyl sites for hydroxylation is 1. The number of nitrogens with one attached hydrogen (secondary N) is 1. The molecular formula is C25H32N2O4. The number of carbonyl (C=O) groups excluding carboxylic acids is 2. The van der Waals surface area contributed by atoms with Crippen molar-refractivity contribution in [1.29, 1.82) is 0 Å². The van der Waals surface area contributed by atoms with Gasteiger partial charge < -0.3 is 24.9 Å². The summed E-state index contributed by atoms with van der Waals surface area (Å²) < 4.78 is 5.71. The largest absolute Gasteiger partial charge is 0.491 e. The number of aliphatic hydroxyl groups excluding tert-OH is 1. The first-order valence-electron chi connectivity index (χ1n) is 11.0. The Morgan fingerprint density at radius 3 is 2.42 bits per heavy atom. The molecule has 6 heteroatoms. The Bertz CT molecular complexity index is 830. The lowest BCUT2D eigenvalue weighted by Gasteiger charge is -2.33. The summed E-state index contributed by atoms with van der Waals surface area (Å²) in [4.78, 5) is 25.6. The van der Waals surface area contributed by atoms with Gasteiger partial charge in [0.15, 0.2) is 0 Å². The molecular weight excluding hydrogens is 392 g/mol. The third kappa shape index (κ3) is 7.81. The minimum Gasteiger partial charge on any atom is -0.491 e. The van der Waals surface area contributed by atoms with Crippen LogP contribution in [-0.4, -0.2) is 60.1 Å². The molecule has 166 valence electrons. The molecule has 0 saturated carbocycles. The van der Waals surface area contributed by atoms with Gasteiger partial charge in [-0.1, -0.05) is 30.3 Å². The normalized spacial score (nSPS) is 15.9. The van der Waals surface area contributed by atoms with Crippen LogP contribution < -0.4 is 10.1 Å². The summed E-state index contributed by atoms with van der Waals surface area (Å²) in [5.41, 5.74) is 1.79. The molecule has 1 fully saturated rings. The van der Waals surface area contributed by atoms with Crippen LogP contribution in [0.3, 0.4) is 0 Å². The van der Waals surface area contributed by atoms with Crippen molar-refractivity contribution in [2.75, 3.05) is 26.2 Å². The van der Waals surface area contributed by atoms with Crippen LogP contribution in [-0.2, 0) is 11.2 Å². The molecule has 0 aliphatic carbocycles. The van der Waals surface area contributed by atoms with Crippen molar-refractivity contribution in [1.82, 2.24) is 10.2 Å². The molecule has 2 N–H and O–H groups in total. The maximum absolute atomic E-state index is 12.3. The summed E-state index contributed by atoms with van der Waals surface area (Å²) >= 11 is 0. The van der Waals surface area contributed by atoms with Gasteiger partial charge in [-0.25, -0.2) is 0 Å². The van der Waals surface area contributed by atoms with E-state index in [4.69, 9.17) is 4.74 Å². The van der Waals surface area contributed by atoms with Gasteiger partial charge in [-0.2, -0.15) is 0 Å². The number of rotatable bonds is 10. The first-order valence-corrected chi connectivity index (χ1v) is 11.0. The average molecular weight is 425 g/mol. The Kier molecular flexibility index (Phi) is 8.62. The monoisotopic (exact) mass is 424 g/mol. The predicted octanol–water partition coefficient (Wildman–Crippen LogP) is 2.84. The molecule has 6 nitrogen and oxygen atoms in total. The number of likely N-dealkylation sites (tertiary alicyclic amines) is 1. The molecule has 1 aliphatic heterocycles. The smallest absolute Gasteiger partial charge is 0.251 e. The Hall–Kier alpha value is -2.70. The van der Waals surface area contributed by atoms with Crippen LogP contribution in [0.1, 0.15) is 42.1 Å². The Morgan fingerprint density at radius 2 is 1.77 bits per heavy atom. The van der Waals surface area contributed by atoms with E-state index in [-0.39, 0.29) is 24.3 Å². The summed E-state index contributed by atoms with van der Waals surface area (Å²) in [6.45, 7) is 4.05. The van der Waals surface area contributed by atoms with Gasteiger partial charge in [0.25, 0.3) is 5.91 Å². The highest BCUT2D eigenvalue weighted by Gasteiger charge is 2.22. The van der Waals surface area contributed by atoms with Crippen molar-refractivity contribution >= 4 is 11.7 Å². The highest BCUT2D eigenvalue weighted by Crippen LogP contribution is 2.15. The minimum atomic E-state index is -0.576.